The minimum atomic E-state index is -3.60. The molecule has 7 heteroatoms. The molecule has 152 valence electrons. The van der Waals surface area contributed by atoms with Gasteiger partial charge >= 0.3 is 0 Å². The van der Waals surface area contributed by atoms with E-state index in [-0.39, 0.29) is 18.5 Å². The predicted molar refractivity (Wildman–Crippen MR) is 112 cm³/mol. The molecule has 0 aliphatic carbocycles. The molecule has 28 heavy (non-hydrogen) atoms. The van der Waals surface area contributed by atoms with Crippen LogP contribution in [0.4, 0.5) is 5.69 Å². The number of sulfonamides is 1. The van der Waals surface area contributed by atoms with Crippen LogP contribution in [0.5, 0.6) is 5.75 Å². The van der Waals surface area contributed by atoms with E-state index in [9.17, 15) is 13.2 Å². The van der Waals surface area contributed by atoms with Crippen molar-refractivity contribution in [3.05, 3.63) is 59.2 Å². The van der Waals surface area contributed by atoms with Gasteiger partial charge in [0.2, 0.25) is 15.9 Å². The second-order valence-corrected chi connectivity index (χ2v) is 8.99. The molecule has 1 atom stereocenters. The van der Waals surface area contributed by atoms with Gasteiger partial charge in [-0.2, -0.15) is 0 Å². The van der Waals surface area contributed by atoms with E-state index >= 15 is 0 Å². The highest BCUT2D eigenvalue weighted by Gasteiger charge is 2.22. The summed E-state index contributed by atoms with van der Waals surface area (Å²) < 4.78 is 31.3. The molecular weight excluding hydrogens is 376 g/mol. The molecule has 1 amide bonds. The maximum atomic E-state index is 12.4. The lowest BCUT2D eigenvalue weighted by molar-refractivity contribution is -0.120. The number of anilines is 1. The zero-order valence-corrected chi connectivity index (χ0v) is 17.8. The standard InChI is InChI=1S/C21H28N2O4S/c1-15-10-11-19(12-17(15)3)23(28(5,25)26)13-21(24)22-18(4)14-27-20-9-7-6-8-16(20)2/h6-12,18H,13-14H2,1-5H3,(H,22,24). The Labute approximate surface area is 167 Å². The number of hydrogen-bond donors (Lipinski definition) is 1. The normalized spacial score (nSPS) is 12.3. The lowest BCUT2D eigenvalue weighted by Gasteiger charge is -2.24. The number of carbonyl (C=O) groups is 1. The molecular formula is C21H28N2O4S. The summed E-state index contributed by atoms with van der Waals surface area (Å²) in [6, 6.07) is 12.7. The van der Waals surface area contributed by atoms with Crippen LogP contribution < -0.4 is 14.4 Å². The van der Waals surface area contributed by atoms with E-state index in [1.165, 1.54) is 0 Å². The maximum absolute atomic E-state index is 12.4. The van der Waals surface area contributed by atoms with Crippen LogP contribution >= 0.6 is 0 Å². The van der Waals surface area contributed by atoms with Gasteiger partial charge in [0.25, 0.3) is 0 Å². The summed E-state index contributed by atoms with van der Waals surface area (Å²) in [6.45, 7) is 7.63. The van der Waals surface area contributed by atoms with Crippen molar-refractivity contribution in [1.29, 1.82) is 0 Å². The lowest BCUT2D eigenvalue weighted by atomic mass is 10.1. The Hall–Kier alpha value is -2.54. The highest BCUT2D eigenvalue weighted by Crippen LogP contribution is 2.21. The Morgan fingerprint density at radius 1 is 1.07 bits per heavy atom. The number of amides is 1. The van der Waals surface area contributed by atoms with Gasteiger partial charge < -0.3 is 10.1 Å². The van der Waals surface area contributed by atoms with Crippen LogP contribution in [-0.4, -0.2) is 39.8 Å². The minimum Gasteiger partial charge on any atom is -0.491 e. The Morgan fingerprint density at radius 3 is 2.36 bits per heavy atom. The van der Waals surface area contributed by atoms with E-state index in [1.807, 2.05) is 58.0 Å². The summed E-state index contributed by atoms with van der Waals surface area (Å²) in [7, 11) is -3.60. The number of nitrogens with one attached hydrogen (secondary N) is 1. The van der Waals surface area contributed by atoms with Crippen molar-refractivity contribution in [3.63, 3.8) is 0 Å². The van der Waals surface area contributed by atoms with Gasteiger partial charge in [-0.3, -0.25) is 9.10 Å². The molecule has 0 aliphatic rings. The SMILES string of the molecule is Cc1ccc(N(CC(=O)NC(C)COc2ccccc2C)S(C)(=O)=O)cc1C. The molecule has 1 unspecified atom stereocenters. The number of aryl methyl sites for hydroxylation is 3. The molecule has 0 radical (unpaired) electrons. The average molecular weight is 405 g/mol. The first-order chi connectivity index (χ1) is 13.1. The van der Waals surface area contributed by atoms with Gasteiger partial charge in [-0.15, -0.1) is 0 Å². The first-order valence-electron chi connectivity index (χ1n) is 9.10. The van der Waals surface area contributed by atoms with E-state index in [0.717, 1.165) is 33.0 Å². The molecule has 0 saturated heterocycles. The van der Waals surface area contributed by atoms with E-state index in [1.54, 1.807) is 12.1 Å². The number of nitrogens with zero attached hydrogens (tertiary/aromatic N) is 1. The van der Waals surface area contributed by atoms with Crippen molar-refractivity contribution < 1.29 is 17.9 Å². The highest BCUT2D eigenvalue weighted by atomic mass is 32.2. The van der Waals surface area contributed by atoms with E-state index in [4.69, 9.17) is 4.74 Å². The van der Waals surface area contributed by atoms with Crippen LogP contribution in [0.25, 0.3) is 0 Å². The zero-order chi connectivity index (χ0) is 20.9. The first kappa shape index (κ1) is 21.8. The Kier molecular flexibility index (Phi) is 7.07. The Balaban J connectivity index is 2.01. The first-order valence-corrected chi connectivity index (χ1v) is 11.0. The van der Waals surface area contributed by atoms with Gasteiger partial charge in [-0.25, -0.2) is 8.42 Å². The summed E-state index contributed by atoms with van der Waals surface area (Å²) in [5.41, 5.74) is 3.51. The topological polar surface area (TPSA) is 75.7 Å². The number of ether oxygens (including phenoxy) is 1. The predicted octanol–water partition coefficient (Wildman–Crippen LogP) is 2.96. The number of hydrogen-bond acceptors (Lipinski definition) is 4. The fourth-order valence-electron chi connectivity index (χ4n) is 2.71. The van der Waals surface area contributed by atoms with Gasteiger partial charge in [0.15, 0.2) is 0 Å². The number of rotatable bonds is 8. The molecule has 2 aromatic rings. The number of benzene rings is 2. The van der Waals surface area contributed by atoms with Crippen molar-refractivity contribution in [2.45, 2.75) is 33.7 Å². The number of para-hydroxylation sites is 1. The monoisotopic (exact) mass is 404 g/mol. The smallest absolute Gasteiger partial charge is 0.241 e. The fourth-order valence-corrected chi connectivity index (χ4v) is 3.55. The summed E-state index contributed by atoms with van der Waals surface area (Å²) >= 11 is 0. The van der Waals surface area contributed by atoms with Crippen molar-refractivity contribution in [2.24, 2.45) is 0 Å². The molecule has 0 fully saturated rings. The van der Waals surface area contributed by atoms with E-state index in [2.05, 4.69) is 5.32 Å². The summed E-state index contributed by atoms with van der Waals surface area (Å²) in [6.07, 6.45) is 1.10. The number of carbonyl (C=O) groups excluding carboxylic acids is 1. The maximum Gasteiger partial charge on any atom is 0.241 e. The fraction of sp³-hybridized carbons (Fsp3) is 0.381. The molecule has 1 N–H and O–H groups in total. The van der Waals surface area contributed by atoms with E-state index < -0.39 is 10.0 Å². The molecule has 0 heterocycles. The Morgan fingerprint density at radius 2 is 1.75 bits per heavy atom. The van der Waals surface area contributed by atoms with Crippen LogP contribution in [0.3, 0.4) is 0 Å². The van der Waals surface area contributed by atoms with Gasteiger partial charge in [0.05, 0.1) is 18.0 Å². The second kappa shape index (κ2) is 9.10. The average Bonchev–Trinajstić information content (AvgIpc) is 2.60. The van der Waals surface area contributed by atoms with Crippen molar-refractivity contribution in [3.8, 4) is 5.75 Å². The van der Waals surface area contributed by atoms with Gasteiger partial charge in [0.1, 0.15) is 18.9 Å². The van der Waals surface area contributed by atoms with Crippen LogP contribution in [0.1, 0.15) is 23.6 Å². The zero-order valence-electron chi connectivity index (χ0n) is 17.0. The summed E-state index contributed by atoms with van der Waals surface area (Å²) in [5, 5.41) is 2.80. The highest BCUT2D eigenvalue weighted by molar-refractivity contribution is 7.92. The van der Waals surface area contributed by atoms with Crippen LogP contribution in [0, 0.1) is 20.8 Å². The third-order valence-electron chi connectivity index (χ3n) is 4.46. The van der Waals surface area contributed by atoms with Crippen molar-refractivity contribution in [1.82, 2.24) is 5.32 Å². The van der Waals surface area contributed by atoms with Crippen LogP contribution in [-0.2, 0) is 14.8 Å². The van der Waals surface area contributed by atoms with E-state index in [0.29, 0.717) is 12.3 Å². The van der Waals surface area contributed by atoms with Crippen LogP contribution in [0.2, 0.25) is 0 Å². The molecule has 0 bridgehead atoms. The Bertz CT molecular complexity index is 941. The van der Waals surface area contributed by atoms with Gasteiger partial charge in [-0.05, 0) is 62.6 Å². The molecule has 6 nitrogen and oxygen atoms in total. The molecule has 0 aliphatic heterocycles. The van der Waals surface area contributed by atoms with Crippen LogP contribution in [0.15, 0.2) is 42.5 Å². The molecule has 0 aromatic heterocycles. The largest absolute Gasteiger partial charge is 0.491 e. The third-order valence-corrected chi connectivity index (χ3v) is 5.60. The summed E-state index contributed by atoms with van der Waals surface area (Å²) in [4.78, 5) is 12.4. The molecule has 0 spiro atoms. The van der Waals surface area contributed by atoms with Crippen molar-refractivity contribution >= 4 is 21.6 Å². The minimum absolute atomic E-state index is 0.270. The quantitative estimate of drug-likeness (QED) is 0.734. The lowest BCUT2D eigenvalue weighted by Crippen LogP contribution is -2.45. The molecule has 2 rings (SSSR count). The summed E-state index contributed by atoms with van der Waals surface area (Å²) in [5.74, 6) is 0.376. The van der Waals surface area contributed by atoms with Crippen molar-refractivity contribution in [2.75, 3.05) is 23.7 Å². The second-order valence-electron chi connectivity index (χ2n) is 7.08. The molecule has 0 saturated carbocycles. The third kappa shape index (κ3) is 5.99. The van der Waals surface area contributed by atoms with Gasteiger partial charge in [-0.1, -0.05) is 24.3 Å². The van der Waals surface area contributed by atoms with Gasteiger partial charge in [0, 0.05) is 0 Å². The molecule has 2 aromatic carbocycles.